The molecule has 0 radical (unpaired) electrons. The van der Waals surface area contributed by atoms with Crippen molar-refractivity contribution >= 4 is 39.3 Å². The van der Waals surface area contributed by atoms with Crippen LogP contribution in [0.4, 0.5) is 13.8 Å². The number of hydrogen-bond acceptors (Lipinski definition) is 9. The highest BCUT2D eigenvalue weighted by atomic mass is 32.1. The number of aliphatic imine (C=N–C) groups is 2. The number of rotatable bonds is 3. The molecule has 1 saturated heterocycles. The van der Waals surface area contributed by atoms with E-state index in [0.29, 0.717) is 49.3 Å². The molecule has 3 aromatic rings. The fourth-order valence-corrected chi connectivity index (χ4v) is 3.93. The molecule has 0 unspecified atom stereocenters. The van der Waals surface area contributed by atoms with Gasteiger partial charge in [-0.15, -0.1) is 11.3 Å². The summed E-state index contributed by atoms with van der Waals surface area (Å²) in [6, 6.07) is 7.04. The molecule has 0 bridgehead atoms. The highest BCUT2D eigenvalue weighted by Gasteiger charge is 2.31. The molecule has 9 nitrogen and oxygen atoms in total. The number of anilines is 1. The van der Waals surface area contributed by atoms with Gasteiger partial charge >= 0.3 is 0 Å². The summed E-state index contributed by atoms with van der Waals surface area (Å²) in [5, 5.41) is 7.68. The summed E-state index contributed by atoms with van der Waals surface area (Å²) in [4.78, 5) is 17.3. The minimum Gasteiger partial charge on any atom is -0.379 e. The van der Waals surface area contributed by atoms with Crippen LogP contribution in [0.1, 0.15) is 12.2 Å². The molecular formula is C18H18F2N8OS. The topological polar surface area (TPSA) is 83.2 Å². The molecule has 5 rings (SSSR count). The number of morpholine rings is 1. The smallest absolute Gasteiger partial charge is 0.296 e. The van der Waals surface area contributed by atoms with Crippen molar-refractivity contribution in [1.82, 2.24) is 24.6 Å². The molecule has 4 heterocycles. The summed E-state index contributed by atoms with van der Waals surface area (Å²) in [5.74, 6) is 0.298. The molecule has 30 heavy (non-hydrogen) atoms. The van der Waals surface area contributed by atoms with Crippen LogP contribution in [0.15, 0.2) is 46.0 Å². The number of para-hydroxylation sites is 2. The van der Waals surface area contributed by atoms with Crippen molar-refractivity contribution < 1.29 is 13.5 Å². The zero-order valence-corrected chi connectivity index (χ0v) is 16.6. The second-order valence-corrected chi connectivity index (χ2v) is 7.47. The highest BCUT2D eigenvalue weighted by molar-refractivity contribution is 7.14. The standard InChI is InChI=1S/C18H18F2N8OS/c19-15(20)16-23-12-3-1-2-4-13(12)28(16)18-25-17(24-14-9-21-11-30-14)22-10-27(18)26-5-7-29-8-6-26/h1-4,9,11,15H,5-8,10H2,(H,22,24). The molecule has 2 aliphatic rings. The molecule has 12 heteroatoms. The molecule has 0 spiro atoms. The van der Waals surface area contributed by atoms with Crippen molar-refractivity contribution in [1.29, 1.82) is 0 Å². The van der Waals surface area contributed by atoms with Crippen molar-refractivity contribution in [2.24, 2.45) is 9.98 Å². The number of ether oxygens (including phenoxy) is 1. The number of guanidine groups is 1. The van der Waals surface area contributed by atoms with Gasteiger partial charge < -0.3 is 10.1 Å². The van der Waals surface area contributed by atoms with E-state index in [-0.39, 0.29) is 12.5 Å². The van der Waals surface area contributed by atoms with E-state index in [4.69, 9.17) is 4.74 Å². The van der Waals surface area contributed by atoms with Gasteiger partial charge in [0.05, 0.1) is 36.0 Å². The van der Waals surface area contributed by atoms with Crippen LogP contribution in [0, 0.1) is 0 Å². The zero-order chi connectivity index (χ0) is 20.5. The Morgan fingerprint density at radius 2 is 2.00 bits per heavy atom. The maximum absolute atomic E-state index is 13.9. The monoisotopic (exact) mass is 432 g/mol. The lowest BCUT2D eigenvalue weighted by molar-refractivity contribution is -0.0512. The summed E-state index contributed by atoms with van der Waals surface area (Å²) in [5.41, 5.74) is 2.73. The lowest BCUT2D eigenvalue weighted by Crippen LogP contribution is -2.55. The third-order valence-corrected chi connectivity index (χ3v) is 5.46. The number of nitrogens with one attached hydrogen (secondary N) is 1. The molecule has 0 amide bonds. The summed E-state index contributed by atoms with van der Waals surface area (Å²) < 4.78 is 34.8. The van der Waals surface area contributed by atoms with E-state index in [1.807, 2.05) is 5.01 Å². The van der Waals surface area contributed by atoms with Crippen molar-refractivity contribution in [2.75, 3.05) is 38.3 Å². The van der Waals surface area contributed by atoms with Crippen LogP contribution in [0.2, 0.25) is 0 Å². The minimum atomic E-state index is -2.76. The lowest BCUT2D eigenvalue weighted by Gasteiger charge is -2.39. The number of aromatic nitrogens is 3. The third-order valence-electron chi connectivity index (χ3n) is 4.77. The van der Waals surface area contributed by atoms with Gasteiger partial charge in [-0.2, -0.15) is 4.99 Å². The Bertz CT molecular complexity index is 1090. The predicted octanol–water partition coefficient (Wildman–Crippen LogP) is 2.62. The fourth-order valence-electron chi connectivity index (χ4n) is 3.42. The van der Waals surface area contributed by atoms with E-state index in [2.05, 4.69) is 25.3 Å². The highest BCUT2D eigenvalue weighted by Crippen LogP contribution is 2.26. The first kappa shape index (κ1) is 19.0. The molecule has 0 aliphatic carbocycles. The van der Waals surface area contributed by atoms with Gasteiger partial charge in [-0.25, -0.2) is 23.8 Å². The Morgan fingerprint density at radius 1 is 1.17 bits per heavy atom. The van der Waals surface area contributed by atoms with Gasteiger partial charge in [-0.05, 0) is 12.1 Å². The Balaban J connectivity index is 1.62. The predicted molar refractivity (Wildman–Crippen MR) is 110 cm³/mol. The number of thiazole rings is 1. The maximum atomic E-state index is 13.9. The fraction of sp³-hybridized carbons (Fsp3) is 0.333. The Hall–Kier alpha value is -2.96. The van der Waals surface area contributed by atoms with E-state index in [1.165, 1.54) is 15.9 Å². The molecule has 2 aliphatic heterocycles. The van der Waals surface area contributed by atoms with E-state index < -0.39 is 6.43 Å². The molecule has 1 fully saturated rings. The van der Waals surface area contributed by atoms with Crippen LogP contribution in [0.3, 0.4) is 0 Å². The maximum Gasteiger partial charge on any atom is 0.296 e. The minimum absolute atomic E-state index is 0.231. The van der Waals surface area contributed by atoms with E-state index in [0.717, 1.165) is 5.00 Å². The number of imidazole rings is 1. The Morgan fingerprint density at radius 3 is 2.77 bits per heavy atom. The summed E-state index contributed by atoms with van der Waals surface area (Å²) in [6.45, 7) is 2.55. The van der Waals surface area contributed by atoms with Crippen LogP contribution < -0.4 is 5.32 Å². The summed E-state index contributed by atoms with van der Waals surface area (Å²) >= 11 is 1.40. The average molecular weight is 432 g/mol. The van der Waals surface area contributed by atoms with Crippen molar-refractivity contribution in [3.05, 3.63) is 41.8 Å². The quantitative estimate of drug-likeness (QED) is 0.685. The third kappa shape index (κ3) is 3.53. The van der Waals surface area contributed by atoms with Crippen LogP contribution in [0.25, 0.3) is 11.0 Å². The van der Waals surface area contributed by atoms with E-state index >= 15 is 0 Å². The number of alkyl halides is 2. The SMILES string of the molecule is FC(F)c1nc2ccccc2n1C1=NC(Nc2cncs2)=NCN1N1CCOCC1. The first-order valence-corrected chi connectivity index (χ1v) is 10.2. The van der Waals surface area contributed by atoms with Gasteiger partial charge in [0.1, 0.15) is 11.7 Å². The van der Waals surface area contributed by atoms with Crippen molar-refractivity contribution in [3.63, 3.8) is 0 Å². The average Bonchev–Trinajstić information content (AvgIpc) is 3.42. The molecule has 1 aromatic carbocycles. The summed E-state index contributed by atoms with van der Waals surface area (Å²) in [7, 11) is 0. The molecule has 0 atom stereocenters. The molecule has 2 aromatic heterocycles. The van der Waals surface area contributed by atoms with Gasteiger partial charge in [0.25, 0.3) is 6.43 Å². The van der Waals surface area contributed by atoms with E-state index in [1.54, 1.807) is 41.0 Å². The number of benzene rings is 1. The van der Waals surface area contributed by atoms with Crippen LogP contribution in [0.5, 0.6) is 0 Å². The van der Waals surface area contributed by atoms with E-state index in [9.17, 15) is 8.78 Å². The number of nitrogens with zero attached hydrogens (tertiary/aromatic N) is 7. The number of hydrogen-bond donors (Lipinski definition) is 1. The van der Waals surface area contributed by atoms with Gasteiger partial charge in [0.2, 0.25) is 11.9 Å². The lowest BCUT2D eigenvalue weighted by atomic mass is 10.3. The van der Waals surface area contributed by atoms with Gasteiger partial charge in [-0.1, -0.05) is 12.1 Å². The molecule has 156 valence electrons. The van der Waals surface area contributed by atoms with Gasteiger partial charge in [-0.3, -0.25) is 14.6 Å². The second kappa shape index (κ2) is 8.05. The molecule has 0 saturated carbocycles. The number of fused-ring (bicyclic) bond motifs is 1. The zero-order valence-electron chi connectivity index (χ0n) is 15.8. The Labute approximate surface area is 174 Å². The van der Waals surface area contributed by atoms with Gasteiger partial charge in [0, 0.05) is 13.1 Å². The first-order valence-electron chi connectivity index (χ1n) is 9.35. The van der Waals surface area contributed by atoms with Crippen molar-refractivity contribution in [2.45, 2.75) is 6.43 Å². The normalized spacial score (nSPS) is 18.0. The summed E-state index contributed by atoms with van der Waals surface area (Å²) in [6.07, 6.45) is -1.10. The van der Waals surface area contributed by atoms with Crippen molar-refractivity contribution in [3.8, 4) is 0 Å². The Kier molecular flexibility index (Phi) is 5.11. The number of hydrazine groups is 1. The molecular weight excluding hydrogens is 414 g/mol. The van der Waals surface area contributed by atoms with Crippen LogP contribution >= 0.6 is 11.3 Å². The molecule has 1 N–H and O–H groups in total. The second-order valence-electron chi connectivity index (χ2n) is 6.59. The van der Waals surface area contributed by atoms with Crippen LogP contribution in [-0.2, 0) is 4.74 Å². The largest absolute Gasteiger partial charge is 0.379 e. The first-order chi connectivity index (χ1) is 14.7. The van der Waals surface area contributed by atoms with Crippen LogP contribution in [-0.4, -0.2) is 69.4 Å². The van der Waals surface area contributed by atoms with Gasteiger partial charge in [0.15, 0.2) is 5.82 Å². The number of halogens is 2.